The molecule has 0 aliphatic heterocycles. The van der Waals surface area contributed by atoms with Crippen LogP contribution in [-0.2, 0) is 4.79 Å². The van der Waals surface area contributed by atoms with E-state index in [-0.39, 0.29) is 0 Å². The van der Waals surface area contributed by atoms with E-state index >= 15 is 0 Å². The number of aliphatic carboxylic acids is 1. The van der Waals surface area contributed by atoms with Crippen LogP contribution in [0.1, 0.15) is 162 Å². The van der Waals surface area contributed by atoms with E-state index in [9.17, 15) is 4.79 Å². The maximum Gasteiger partial charge on any atom is 0.303 e. The van der Waals surface area contributed by atoms with Crippen molar-refractivity contribution in [1.82, 2.24) is 0 Å². The number of unbranched alkanes of at least 4 members (excludes halogenated alkanes) is 19. The fourth-order valence-corrected chi connectivity index (χ4v) is 4.16. The van der Waals surface area contributed by atoms with Crippen molar-refractivity contribution < 1.29 is 9.90 Å². The summed E-state index contributed by atoms with van der Waals surface area (Å²) in [6.07, 6.45) is 30.5. The highest BCUT2D eigenvalue weighted by atomic mass is 16.4. The Balaban J connectivity index is 3.02. The van der Waals surface area contributed by atoms with Gasteiger partial charge in [-0.15, -0.1) is 0 Å². The van der Waals surface area contributed by atoms with Gasteiger partial charge in [-0.2, -0.15) is 0 Å². The van der Waals surface area contributed by atoms with Gasteiger partial charge in [0.25, 0.3) is 0 Å². The molecule has 0 aromatic rings. The maximum atomic E-state index is 10.4. The minimum Gasteiger partial charge on any atom is -0.481 e. The molecule has 29 heavy (non-hydrogen) atoms. The Bertz CT molecular complexity index is 326. The van der Waals surface area contributed by atoms with Crippen molar-refractivity contribution in [2.75, 3.05) is 0 Å². The Hall–Kier alpha value is -0.530. The fraction of sp³-hybridized carbons (Fsp3) is 0.963. The van der Waals surface area contributed by atoms with Crippen LogP contribution in [0.3, 0.4) is 0 Å². The lowest BCUT2D eigenvalue weighted by molar-refractivity contribution is -0.137. The Morgan fingerprint density at radius 3 is 1.10 bits per heavy atom. The van der Waals surface area contributed by atoms with Crippen molar-refractivity contribution in [3.63, 3.8) is 0 Å². The summed E-state index contributed by atoms with van der Waals surface area (Å²) >= 11 is 0. The van der Waals surface area contributed by atoms with Crippen LogP contribution in [-0.4, -0.2) is 11.1 Å². The van der Waals surface area contributed by atoms with Crippen LogP contribution in [0.5, 0.6) is 0 Å². The Morgan fingerprint density at radius 1 is 0.552 bits per heavy atom. The van der Waals surface area contributed by atoms with Crippen LogP contribution in [0.15, 0.2) is 0 Å². The summed E-state index contributed by atoms with van der Waals surface area (Å²) in [5.41, 5.74) is 0. The predicted octanol–water partition coefficient (Wildman–Crippen LogP) is 9.70. The Morgan fingerprint density at radius 2 is 0.828 bits per heavy atom. The molecule has 0 saturated heterocycles. The second kappa shape index (κ2) is 23.7. The van der Waals surface area contributed by atoms with Gasteiger partial charge < -0.3 is 5.11 Å². The Kier molecular flexibility index (Phi) is 23.3. The molecule has 0 aromatic carbocycles. The summed E-state index contributed by atoms with van der Waals surface area (Å²) < 4.78 is 0. The van der Waals surface area contributed by atoms with Crippen molar-refractivity contribution in [3.8, 4) is 0 Å². The zero-order valence-electron chi connectivity index (χ0n) is 20.2. The zero-order valence-corrected chi connectivity index (χ0v) is 20.2. The van der Waals surface area contributed by atoms with Crippen molar-refractivity contribution in [2.45, 2.75) is 162 Å². The molecule has 0 fully saturated rings. The van der Waals surface area contributed by atoms with Gasteiger partial charge in [0.15, 0.2) is 0 Å². The van der Waals surface area contributed by atoms with Gasteiger partial charge in [-0.1, -0.05) is 149 Å². The largest absolute Gasteiger partial charge is 0.481 e. The molecule has 0 aliphatic carbocycles. The molecule has 2 nitrogen and oxygen atoms in total. The maximum absolute atomic E-state index is 10.4. The van der Waals surface area contributed by atoms with Gasteiger partial charge in [-0.3, -0.25) is 4.79 Å². The lowest BCUT2D eigenvalue weighted by Crippen LogP contribution is -1.93. The van der Waals surface area contributed by atoms with Crippen LogP contribution < -0.4 is 0 Å². The number of hydrogen-bond donors (Lipinski definition) is 1. The summed E-state index contributed by atoms with van der Waals surface area (Å²) in [6, 6.07) is 0. The highest BCUT2D eigenvalue weighted by Gasteiger charge is 1.99. The average molecular weight is 411 g/mol. The van der Waals surface area contributed by atoms with Gasteiger partial charge in [0, 0.05) is 6.42 Å². The minimum absolute atomic E-state index is 0.346. The smallest absolute Gasteiger partial charge is 0.303 e. The lowest BCUT2D eigenvalue weighted by atomic mass is 9.99. The number of rotatable bonds is 24. The molecule has 0 amide bonds. The van der Waals surface area contributed by atoms with E-state index in [1.165, 1.54) is 128 Å². The molecule has 0 bridgehead atoms. The SMILES string of the molecule is CC[C@@H](C)CCCCCCCCCCCCCCCCCCCCCCC(=O)O. The van der Waals surface area contributed by atoms with Crippen molar-refractivity contribution in [2.24, 2.45) is 5.92 Å². The monoisotopic (exact) mass is 410 g/mol. The second-order valence-electron chi connectivity index (χ2n) is 9.52. The van der Waals surface area contributed by atoms with Crippen LogP contribution in [0.2, 0.25) is 0 Å². The minimum atomic E-state index is -0.650. The van der Waals surface area contributed by atoms with E-state index in [0.717, 1.165) is 18.8 Å². The summed E-state index contributed by atoms with van der Waals surface area (Å²) in [4.78, 5) is 10.4. The van der Waals surface area contributed by atoms with E-state index in [1.807, 2.05) is 0 Å². The third-order valence-electron chi connectivity index (χ3n) is 6.53. The fourth-order valence-electron chi connectivity index (χ4n) is 4.16. The van der Waals surface area contributed by atoms with Crippen LogP contribution in [0, 0.1) is 5.92 Å². The van der Waals surface area contributed by atoms with E-state index in [4.69, 9.17) is 5.11 Å². The first-order valence-corrected chi connectivity index (χ1v) is 13.4. The van der Waals surface area contributed by atoms with E-state index in [0.29, 0.717) is 6.42 Å². The summed E-state index contributed by atoms with van der Waals surface area (Å²) in [5.74, 6) is 0.284. The van der Waals surface area contributed by atoms with Crippen molar-refractivity contribution in [3.05, 3.63) is 0 Å². The number of carboxylic acids is 1. The molecule has 0 saturated carbocycles. The van der Waals surface area contributed by atoms with E-state index < -0.39 is 5.97 Å². The van der Waals surface area contributed by atoms with Crippen LogP contribution in [0.25, 0.3) is 0 Å². The highest BCUT2D eigenvalue weighted by molar-refractivity contribution is 5.66. The Labute approximate surface area is 183 Å². The lowest BCUT2D eigenvalue weighted by Gasteiger charge is -2.07. The van der Waals surface area contributed by atoms with Gasteiger partial charge in [0.2, 0.25) is 0 Å². The normalized spacial score (nSPS) is 12.3. The molecule has 2 heteroatoms. The molecule has 0 aromatic heterocycles. The summed E-state index contributed by atoms with van der Waals surface area (Å²) in [6.45, 7) is 4.70. The number of carbonyl (C=O) groups is 1. The quantitative estimate of drug-likeness (QED) is 0.161. The second-order valence-corrected chi connectivity index (χ2v) is 9.52. The number of carboxylic acid groups (broad SMARTS) is 1. The molecule has 1 N–H and O–H groups in total. The van der Waals surface area contributed by atoms with Crippen molar-refractivity contribution in [1.29, 1.82) is 0 Å². The third kappa shape index (κ3) is 25.4. The number of hydrogen-bond acceptors (Lipinski definition) is 1. The van der Waals surface area contributed by atoms with Gasteiger partial charge in [0.1, 0.15) is 0 Å². The summed E-state index contributed by atoms with van der Waals surface area (Å²) in [7, 11) is 0. The van der Waals surface area contributed by atoms with Crippen LogP contribution in [0.4, 0.5) is 0 Å². The molecular weight excluding hydrogens is 356 g/mol. The van der Waals surface area contributed by atoms with Crippen LogP contribution >= 0.6 is 0 Å². The molecule has 1 atom stereocenters. The van der Waals surface area contributed by atoms with Gasteiger partial charge >= 0.3 is 5.97 Å². The standard InChI is InChI=1S/C27H54O2/c1-3-26(2)24-22-20-18-16-14-12-10-8-6-4-5-7-9-11-13-15-17-19-21-23-25-27(28)29/h26H,3-25H2,1-2H3,(H,28,29)/t26-/m1/s1. The van der Waals surface area contributed by atoms with Gasteiger partial charge in [-0.05, 0) is 12.3 Å². The average Bonchev–Trinajstić information content (AvgIpc) is 2.71. The van der Waals surface area contributed by atoms with E-state index in [1.54, 1.807) is 0 Å². The predicted molar refractivity (Wildman–Crippen MR) is 129 cm³/mol. The van der Waals surface area contributed by atoms with E-state index in [2.05, 4.69) is 13.8 Å². The molecule has 174 valence electrons. The highest BCUT2D eigenvalue weighted by Crippen LogP contribution is 2.16. The molecule has 0 spiro atoms. The molecule has 0 heterocycles. The molecular formula is C27H54O2. The van der Waals surface area contributed by atoms with Crippen molar-refractivity contribution >= 4 is 5.97 Å². The third-order valence-corrected chi connectivity index (χ3v) is 6.53. The van der Waals surface area contributed by atoms with Gasteiger partial charge in [0.05, 0.1) is 0 Å². The molecule has 0 unspecified atom stereocenters. The topological polar surface area (TPSA) is 37.3 Å². The summed E-state index contributed by atoms with van der Waals surface area (Å²) in [5, 5.41) is 8.59. The first kappa shape index (κ1) is 28.5. The first-order chi connectivity index (χ1) is 14.2. The zero-order chi connectivity index (χ0) is 21.4. The van der Waals surface area contributed by atoms with Gasteiger partial charge in [-0.25, -0.2) is 0 Å². The molecule has 0 rings (SSSR count). The molecule has 0 radical (unpaired) electrons. The molecule has 0 aliphatic rings. The first-order valence-electron chi connectivity index (χ1n) is 13.4.